The van der Waals surface area contributed by atoms with Gasteiger partial charge >= 0.3 is 5.97 Å². The summed E-state index contributed by atoms with van der Waals surface area (Å²) >= 11 is 12.8. The first-order valence-electron chi connectivity index (χ1n) is 13.1. The van der Waals surface area contributed by atoms with Crippen molar-refractivity contribution in [2.75, 3.05) is 13.2 Å². The molecule has 3 aromatic rings. The van der Waals surface area contributed by atoms with Gasteiger partial charge in [0.2, 0.25) is 5.91 Å². The lowest BCUT2D eigenvalue weighted by Gasteiger charge is -2.26. The second-order valence-corrected chi connectivity index (χ2v) is 10.6. The minimum Gasteiger partial charge on any atom is -0.493 e. The molecule has 9 nitrogen and oxygen atoms in total. The van der Waals surface area contributed by atoms with E-state index in [0.29, 0.717) is 25.1 Å². The van der Waals surface area contributed by atoms with Crippen molar-refractivity contribution in [1.29, 1.82) is 0 Å². The summed E-state index contributed by atoms with van der Waals surface area (Å²) < 4.78 is 5.72. The first-order valence-corrected chi connectivity index (χ1v) is 13.8. The number of nitrogens with one attached hydrogen (secondary N) is 1. The molecule has 6 N–H and O–H groups in total. The van der Waals surface area contributed by atoms with Crippen molar-refractivity contribution in [3.05, 3.63) is 81.8 Å². The summed E-state index contributed by atoms with van der Waals surface area (Å²) in [6.07, 6.45) is 1.02. The molecule has 0 radical (unpaired) electrons. The van der Waals surface area contributed by atoms with Gasteiger partial charge in [-0.2, -0.15) is 0 Å². The zero-order chi connectivity index (χ0) is 29.5. The third-order valence-corrected chi connectivity index (χ3v) is 7.49. The van der Waals surface area contributed by atoms with E-state index in [-0.39, 0.29) is 52.8 Å². The van der Waals surface area contributed by atoms with Crippen molar-refractivity contribution in [2.45, 2.75) is 31.6 Å². The quantitative estimate of drug-likeness (QED) is 0.133. The van der Waals surface area contributed by atoms with E-state index in [1.807, 2.05) is 36.4 Å². The van der Waals surface area contributed by atoms with Gasteiger partial charge in [0.25, 0.3) is 0 Å². The van der Waals surface area contributed by atoms with E-state index in [2.05, 4.69) is 10.3 Å². The summed E-state index contributed by atoms with van der Waals surface area (Å²) in [6, 6.07) is 18.0. The van der Waals surface area contributed by atoms with Crippen LogP contribution in [0.1, 0.15) is 47.5 Å². The second-order valence-electron chi connectivity index (χ2n) is 9.78. The van der Waals surface area contributed by atoms with Crippen LogP contribution in [0.4, 0.5) is 5.69 Å². The van der Waals surface area contributed by atoms with Crippen LogP contribution in [0, 0.1) is 5.92 Å². The van der Waals surface area contributed by atoms with E-state index in [1.165, 1.54) is 0 Å². The van der Waals surface area contributed by atoms with Crippen LogP contribution in [0.2, 0.25) is 10.0 Å². The lowest BCUT2D eigenvalue weighted by Crippen LogP contribution is -2.34. The summed E-state index contributed by atoms with van der Waals surface area (Å²) in [5, 5.41) is 12.7. The SMILES string of the molecule is NC(N)=Nc1ccc2c(c1)C(CCC(=O)NC[C@H](CC(=O)c1c(Cl)cc(-c3ccccc3)cc1Cl)C(=O)O)CCO2. The van der Waals surface area contributed by atoms with E-state index in [4.69, 9.17) is 39.4 Å². The van der Waals surface area contributed by atoms with Crippen molar-refractivity contribution in [1.82, 2.24) is 5.32 Å². The zero-order valence-electron chi connectivity index (χ0n) is 22.1. The van der Waals surface area contributed by atoms with Gasteiger partial charge in [-0.05, 0) is 65.8 Å². The summed E-state index contributed by atoms with van der Waals surface area (Å²) in [6.45, 7) is 0.303. The van der Waals surface area contributed by atoms with Gasteiger partial charge in [-0.25, -0.2) is 4.99 Å². The monoisotopic (exact) mass is 596 g/mol. The number of rotatable bonds is 11. The lowest BCUT2D eigenvalue weighted by molar-refractivity contribution is -0.141. The Morgan fingerprint density at radius 2 is 1.73 bits per heavy atom. The summed E-state index contributed by atoms with van der Waals surface area (Å²) in [5.41, 5.74) is 14.1. The molecule has 11 heteroatoms. The minimum absolute atomic E-state index is 0.0404. The Labute approximate surface area is 247 Å². The molecule has 0 fully saturated rings. The topological polar surface area (TPSA) is 157 Å². The number of ether oxygens (including phenoxy) is 1. The fraction of sp³-hybridized carbons (Fsp3) is 0.267. The lowest BCUT2D eigenvalue weighted by atomic mass is 9.88. The first kappa shape index (κ1) is 29.9. The molecule has 0 bridgehead atoms. The largest absolute Gasteiger partial charge is 0.493 e. The number of ketones is 1. The van der Waals surface area contributed by atoms with Gasteiger partial charge in [0, 0.05) is 19.4 Å². The molecule has 2 atom stereocenters. The van der Waals surface area contributed by atoms with Crippen LogP contribution in [-0.4, -0.2) is 41.9 Å². The smallest absolute Gasteiger partial charge is 0.308 e. The highest BCUT2D eigenvalue weighted by molar-refractivity contribution is 6.40. The van der Waals surface area contributed by atoms with E-state index < -0.39 is 17.7 Å². The number of nitrogens with two attached hydrogens (primary N) is 2. The number of hydrogen-bond donors (Lipinski definition) is 4. The number of fused-ring (bicyclic) bond motifs is 1. The molecule has 1 unspecified atom stereocenters. The summed E-state index contributed by atoms with van der Waals surface area (Å²) in [7, 11) is 0. The van der Waals surface area contributed by atoms with E-state index in [0.717, 1.165) is 22.4 Å². The molecular formula is C30H30Cl2N4O5. The van der Waals surface area contributed by atoms with Gasteiger partial charge < -0.3 is 26.6 Å². The molecule has 0 aromatic heterocycles. The Morgan fingerprint density at radius 1 is 1.02 bits per heavy atom. The minimum atomic E-state index is -1.21. The highest BCUT2D eigenvalue weighted by Gasteiger charge is 2.27. The number of carbonyl (C=O) groups excluding carboxylic acids is 2. The Balaban J connectivity index is 1.35. The average Bonchev–Trinajstić information content (AvgIpc) is 2.93. The van der Waals surface area contributed by atoms with E-state index in [1.54, 1.807) is 24.3 Å². The van der Waals surface area contributed by atoms with Gasteiger partial charge in [0.1, 0.15) is 5.75 Å². The number of amides is 1. The predicted molar refractivity (Wildman–Crippen MR) is 159 cm³/mol. The molecule has 1 heterocycles. The fourth-order valence-electron chi connectivity index (χ4n) is 4.81. The first-order chi connectivity index (χ1) is 19.6. The van der Waals surface area contributed by atoms with Crippen molar-refractivity contribution < 1.29 is 24.2 Å². The number of benzene rings is 3. The molecule has 0 spiro atoms. The molecule has 1 amide bonds. The van der Waals surface area contributed by atoms with Crippen LogP contribution >= 0.6 is 23.2 Å². The van der Waals surface area contributed by atoms with Gasteiger partial charge in [-0.3, -0.25) is 14.4 Å². The van der Waals surface area contributed by atoms with Crippen molar-refractivity contribution >= 4 is 52.5 Å². The Morgan fingerprint density at radius 3 is 2.39 bits per heavy atom. The number of guanidine groups is 1. The molecule has 4 rings (SSSR count). The Hall–Kier alpha value is -4.08. The molecule has 0 aliphatic carbocycles. The number of Topliss-reactive ketones (excluding diaryl/α,β-unsaturated/α-hetero) is 1. The van der Waals surface area contributed by atoms with Crippen LogP contribution in [0.5, 0.6) is 5.75 Å². The number of carbonyl (C=O) groups is 3. The average molecular weight is 597 g/mol. The maximum absolute atomic E-state index is 13.1. The zero-order valence-corrected chi connectivity index (χ0v) is 23.6. The highest BCUT2D eigenvalue weighted by Crippen LogP contribution is 2.39. The molecule has 1 aliphatic heterocycles. The number of nitrogens with zero attached hydrogens (tertiary/aromatic N) is 1. The maximum Gasteiger partial charge on any atom is 0.308 e. The number of halogens is 2. The van der Waals surface area contributed by atoms with Crippen LogP contribution in [0.3, 0.4) is 0 Å². The molecule has 0 saturated heterocycles. The van der Waals surface area contributed by atoms with Gasteiger partial charge in [-0.1, -0.05) is 53.5 Å². The number of carboxylic acid groups (broad SMARTS) is 1. The number of hydrogen-bond acceptors (Lipinski definition) is 5. The fourth-order valence-corrected chi connectivity index (χ4v) is 5.51. The normalized spacial score (nSPS) is 14.7. The van der Waals surface area contributed by atoms with Crippen LogP contribution < -0.4 is 21.5 Å². The molecule has 3 aromatic carbocycles. The van der Waals surface area contributed by atoms with Gasteiger partial charge in [0.15, 0.2) is 11.7 Å². The molecule has 214 valence electrons. The van der Waals surface area contributed by atoms with Crippen LogP contribution in [-0.2, 0) is 9.59 Å². The van der Waals surface area contributed by atoms with E-state index in [9.17, 15) is 19.5 Å². The molecule has 41 heavy (non-hydrogen) atoms. The predicted octanol–water partition coefficient (Wildman–Crippen LogP) is 5.30. The maximum atomic E-state index is 13.1. The number of aliphatic imine (C=N–C) groups is 1. The second kappa shape index (κ2) is 13.5. The molecular weight excluding hydrogens is 567 g/mol. The summed E-state index contributed by atoms with van der Waals surface area (Å²) in [5.74, 6) is -2.50. The van der Waals surface area contributed by atoms with Crippen LogP contribution in [0.25, 0.3) is 11.1 Å². The van der Waals surface area contributed by atoms with Crippen LogP contribution in [0.15, 0.2) is 65.7 Å². The van der Waals surface area contributed by atoms with E-state index >= 15 is 0 Å². The van der Waals surface area contributed by atoms with Crippen molar-refractivity contribution in [3.63, 3.8) is 0 Å². The standard InChI is InChI=1S/C30H30Cl2N4O5/c31-23-12-19(17-4-2-1-3-5-17)13-24(32)28(23)25(37)14-20(29(39)40)16-35-27(38)9-6-18-10-11-41-26-8-7-21(15-22(18)26)36-30(33)34/h1-5,7-8,12-13,15,18,20H,6,9-11,14,16H2,(H,35,38)(H,39,40)(H4,33,34,36)/t18?,20-/m0/s1. The van der Waals surface area contributed by atoms with Gasteiger partial charge in [-0.15, -0.1) is 0 Å². The summed E-state index contributed by atoms with van der Waals surface area (Å²) in [4.78, 5) is 41.7. The highest BCUT2D eigenvalue weighted by atomic mass is 35.5. The van der Waals surface area contributed by atoms with Crippen molar-refractivity contribution in [2.24, 2.45) is 22.4 Å². The number of carboxylic acids is 1. The van der Waals surface area contributed by atoms with Gasteiger partial charge in [0.05, 0.1) is 33.8 Å². The Bertz CT molecular complexity index is 1450. The third kappa shape index (κ3) is 7.77. The Kier molecular flexibility index (Phi) is 9.86. The number of aliphatic carboxylic acids is 1. The molecule has 1 aliphatic rings. The molecule has 0 saturated carbocycles. The third-order valence-electron chi connectivity index (χ3n) is 6.89. The van der Waals surface area contributed by atoms with Crippen molar-refractivity contribution in [3.8, 4) is 16.9 Å².